The van der Waals surface area contributed by atoms with E-state index in [2.05, 4.69) is 10.2 Å². The van der Waals surface area contributed by atoms with E-state index in [-0.39, 0.29) is 11.8 Å². The molecular weight excluding hydrogens is 254 g/mol. The fraction of sp³-hybridized carbons (Fsp3) is 0.867. The van der Waals surface area contributed by atoms with Gasteiger partial charge in [0.1, 0.15) is 0 Å². The van der Waals surface area contributed by atoms with Crippen LogP contribution in [0.1, 0.15) is 46.0 Å². The number of unbranched alkanes of at least 4 members (excludes halogenated alkanes) is 3. The Balaban J connectivity index is 1.96. The monoisotopic (exact) mass is 283 g/mol. The molecule has 116 valence electrons. The van der Waals surface area contributed by atoms with Crippen LogP contribution >= 0.6 is 0 Å². The van der Waals surface area contributed by atoms with Gasteiger partial charge >= 0.3 is 0 Å². The van der Waals surface area contributed by atoms with E-state index < -0.39 is 0 Å². The number of nitrogens with zero attached hydrogens (tertiary/aromatic N) is 2. The van der Waals surface area contributed by atoms with Crippen molar-refractivity contribution in [1.82, 2.24) is 15.1 Å². The summed E-state index contributed by atoms with van der Waals surface area (Å²) in [6.07, 6.45) is 5.29. The summed E-state index contributed by atoms with van der Waals surface area (Å²) >= 11 is 0. The zero-order chi connectivity index (χ0) is 14.8. The molecule has 5 heteroatoms. The SMILES string of the molecule is CCC(=O)N1CCN(CCCCCCNC(C)=O)CC1. The van der Waals surface area contributed by atoms with Crippen molar-refractivity contribution in [2.75, 3.05) is 39.3 Å². The molecule has 0 aliphatic carbocycles. The molecule has 1 rings (SSSR count). The van der Waals surface area contributed by atoms with Crippen LogP contribution in [0.5, 0.6) is 0 Å². The Hall–Kier alpha value is -1.10. The molecule has 0 atom stereocenters. The van der Waals surface area contributed by atoms with E-state index in [0.29, 0.717) is 6.42 Å². The van der Waals surface area contributed by atoms with Crippen LogP contribution in [0.25, 0.3) is 0 Å². The number of amides is 2. The lowest BCUT2D eigenvalue weighted by Gasteiger charge is -2.34. The molecule has 20 heavy (non-hydrogen) atoms. The summed E-state index contributed by atoms with van der Waals surface area (Å²) in [5, 5.41) is 2.82. The fourth-order valence-electron chi connectivity index (χ4n) is 2.52. The molecule has 0 unspecified atom stereocenters. The van der Waals surface area contributed by atoms with Crippen LogP contribution in [-0.4, -0.2) is 60.9 Å². The third-order valence-corrected chi connectivity index (χ3v) is 3.80. The first kappa shape index (κ1) is 17.0. The van der Waals surface area contributed by atoms with Crippen LogP contribution in [0, 0.1) is 0 Å². The summed E-state index contributed by atoms with van der Waals surface area (Å²) in [5.41, 5.74) is 0. The van der Waals surface area contributed by atoms with E-state index in [0.717, 1.165) is 45.7 Å². The zero-order valence-electron chi connectivity index (χ0n) is 13.0. The topological polar surface area (TPSA) is 52.7 Å². The molecule has 2 amide bonds. The molecule has 0 bridgehead atoms. The molecule has 1 N–H and O–H groups in total. The maximum Gasteiger partial charge on any atom is 0.222 e. The molecule has 5 nitrogen and oxygen atoms in total. The van der Waals surface area contributed by atoms with Crippen LogP contribution in [0.2, 0.25) is 0 Å². The van der Waals surface area contributed by atoms with Gasteiger partial charge in [0.15, 0.2) is 0 Å². The van der Waals surface area contributed by atoms with Crippen molar-refractivity contribution in [1.29, 1.82) is 0 Å². The predicted molar refractivity (Wildman–Crippen MR) is 80.5 cm³/mol. The largest absolute Gasteiger partial charge is 0.356 e. The lowest BCUT2D eigenvalue weighted by Crippen LogP contribution is -2.48. The molecule has 0 aromatic carbocycles. The Bertz CT molecular complexity index is 299. The second-order valence-electron chi connectivity index (χ2n) is 5.47. The fourth-order valence-corrected chi connectivity index (χ4v) is 2.52. The average molecular weight is 283 g/mol. The van der Waals surface area contributed by atoms with E-state index >= 15 is 0 Å². The number of piperazine rings is 1. The molecule has 1 saturated heterocycles. The first-order valence-corrected chi connectivity index (χ1v) is 7.88. The Morgan fingerprint density at radius 1 is 1.00 bits per heavy atom. The molecule has 1 heterocycles. The lowest BCUT2D eigenvalue weighted by molar-refractivity contribution is -0.132. The molecule has 1 aliphatic rings. The van der Waals surface area contributed by atoms with Gasteiger partial charge in [-0.15, -0.1) is 0 Å². The number of rotatable bonds is 8. The van der Waals surface area contributed by atoms with Gasteiger partial charge < -0.3 is 10.2 Å². The molecule has 1 aliphatic heterocycles. The summed E-state index contributed by atoms with van der Waals surface area (Å²) < 4.78 is 0. The molecule has 0 saturated carbocycles. The minimum atomic E-state index is 0.0597. The van der Waals surface area contributed by atoms with Crippen LogP contribution in [0.3, 0.4) is 0 Å². The van der Waals surface area contributed by atoms with Crippen molar-refractivity contribution in [3.05, 3.63) is 0 Å². The maximum absolute atomic E-state index is 11.6. The van der Waals surface area contributed by atoms with E-state index in [1.165, 1.54) is 19.3 Å². The zero-order valence-corrected chi connectivity index (χ0v) is 13.0. The van der Waals surface area contributed by atoms with Crippen molar-refractivity contribution in [2.24, 2.45) is 0 Å². The van der Waals surface area contributed by atoms with Crippen LogP contribution < -0.4 is 5.32 Å². The van der Waals surface area contributed by atoms with Crippen molar-refractivity contribution in [3.63, 3.8) is 0 Å². The van der Waals surface area contributed by atoms with Gasteiger partial charge in [-0.3, -0.25) is 14.5 Å². The average Bonchev–Trinajstić information content (AvgIpc) is 2.45. The normalized spacial score (nSPS) is 16.2. The third-order valence-electron chi connectivity index (χ3n) is 3.80. The molecule has 0 aromatic heterocycles. The second kappa shape index (κ2) is 9.75. The Morgan fingerprint density at radius 2 is 1.65 bits per heavy atom. The van der Waals surface area contributed by atoms with Gasteiger partial charge in [0.05, 0.1) is 0 Å². The van der Waals surface area contributed by atoms with Crippen molar-refractivity contribution in [3.8, 4) is 0 Å². The third kappa shape index (κ3) is 6.89. The smallest absolute Gasteiger partial charge is 0.222 e. The molecule has 0 radical (unpaired) electrons. The van der Waals surface area contributed by atoms with E-state index in [9.17, 15) is 9.59 Å². The first-order chi connectivity index (χ1) is 9.63. The Labute approximate surface area is 122 Å². The van der Waals surface area contributed by atoms with Gasteiger partial charge in [0.25, 0.3) is 0 Å². The van der Waals surface area contributed by atoms with Crippen LogP contribution in [0.4, 0.5) is 0 Å². The highest BCUT2D eigenvalue weighted by Crippen LogP contribution is 2.06. The van der Waals surface area contributed by atoms with Crippen LogP contribution in [-0.2, 0) is 9.59 Å². The van der Waals surface area contributed by atoms with Gasteiger partial charge in [0.2, 0.25) is 11.8 Å². The summed E-state index contributed by atoms with van der Waals surface area (Å²) in [7, 11) is 0. The minimum Gasteiger partial charge on any atom is -0.356 e. The maximum atomic E-state index is 11.6. The van der Waals surface area contributed by atoms with Gasteiger partial charge in [0, 0.05) is 46.1 Å². The second-order valence-corrected chi connectivity index (χ2v) is 5.47. The van der Waals surface area contributed by atoms with Gasteiger partial charge in [-0.2, -0.15) is 0 Å². The number of carbonyl (C=O) groups is 2. The lowest BCUT2D eigenvalue weighted by atomic mass is 10.1. The number of hydrogen-bond acceptors (Lipinski definition) is 3. The molecule has 0 spiro atoms. The summed E-state index contributed by atoms with van der Waals surface area (Å²) in [6.45, 7) is 9.21. The molecular formula is C15H29N3O2. The molecule has 0 aromatic rings. The highest BCUT2D eigenvalue weighted by molar-refractivity contribution is 5.75. The van der Waals surface area contributed by atoms with Crippen molar-refractivity contribution in [2.45, 2.75) is 46.0 Å². The molecule has 1 fully saturated rings. The number of nitrogens with one attached hydrogen (secondary N) is 1. The number of hydrogen-bond donors (Lipinski definition) is 1. The van der Waals surface area contributed by atoms with Gasteiger partial charge in [-0.05, 0) is 19.4 Å². The number of carbonyl (C=O) groups excluding carboxylic acids is 2. The summed E-state index contributed by atoms with van der Waals surface area (Å²) in [6, 6.07) is 0. The van der Waals surface area contributed by atoms with Gasteiger partial charge in [-0.25, -0.2) is 0 Å². The highest BCUT2D eigenvalue weighted by atomic mass is 16.2. The Kier molecular flexibility index (Phi) is 8.26. The van der Waals surface area contributed by atoms with E-state index in [4.69, 9.17) is 0 Å². The van der Waals surface area contributed by atoms with Crippen LogP contribution in [0.15, 0.2) is 0 Å². The predicted octanol–water partition coefficient (Wildman–Crippen LogP) is 1.24. The van der Waals surface area contributed by atoms with Crippen molar-refractivity contribution >= 4 is 11.8 Å². The van der Waals surface area contributed by atoms with Gasteiger partial charge in [-0.1, -0.05) is 19.8 Å². The quantitative estimate of drug-likeness (QED) is 0.682. The standard InChI is InChI=1S/C15H29N3O2/c1-3-15(20)18-12-10-17(11-13-18)9-7-5-4-6-8-16-14(2)19/h3-13H2,1-2H3,(H,16,19). The minimum absolute atomic E-state index is 0.0597. The summed E-state index contributed by atoms with van der Waals surface area (Å²) in [4.78, 5) is 26.7. The van der Waals surface area contributed by atoms with E-state index in [1.54, 1.807) is 6.92 Å². The van der Waals surface area contributed by atoms with E-state index in [1.807, 2.05) is 11.8 Å². The highest BCUT2D eigenvalue weighted by Gasteiger charge is 2.19. The van der Waals surface area contributed by atoms with Crippen molar-refractivity contribution < 1.29 is 9.59 Å². The first-order valence-electron chi connectivity index (χ1n) is 7.88. The Morgan fingerprint density at radius 3 is 2.25 bits per heavy atom. The summed E-state index contributed by atoms with van der Waals surface area (Å²) in [5.74, 6) is 0.340.